The average molecular weight is 271 g/mol. The van der Waals surface area contributed by atoms with Gasteiger partial charge in [-0.25, -0.2) is 0 Å². The first-order valence-corrected chi connectivity index (χ1v) is 6.42. The van der Waals surface area contributed by atoms with Gasteiger partial charge >= 0.3 is 0 Å². The van der Waals surface area contributed by atoms with Crippen molar-refractivity contribution in [1.82, 2.24) is 9.78 Å². The highest BCUT2D eigenvalue weighted by atomic mass is 16.5. The van der Waals surface area contributed by atoms with Crippen molar-refractivity contribution < 1.29 is 9.15 Å². The highest BCUT2D eigenvalue weighted by molar-refractivity contribution is 5.83. The highest BCUT2D eigenvalue weighted by Crippen LogP contribution is 2.33. The Morgan fingerprint density at radius 3 is 2.80 bits per heavy atom. The maximum Gasteiger partial charge on any atom is 0.138 e. The predicted molar refractivity (Wildman–Crippen MR) is 76.7 cm³/mol. The summed E-state index contributed by atoms with van der Waals surface area (Å²) in [5, 5.41) is 5.20. The van der Waals surface area contributed by atoms with Gasteiger partial charge < -0.3 is 14.9 Å². The number of aromatic nitrogens is 2. The van der Waals surface area contributed by atoms with Crippen molar-refractivity contribution in [2.45, 2.75) is 13.0 Å². The van der Waals surface area contributed by atoms with Gasteiger partial charge in [0.25, 0.3) is 0 Å². The molecule has 2 N–H and O–H groups in total. The summed E-state index contributed by atoms with van der Waals surface area (Å²) in [5.74, 6) is 1.53. The summed E-state index contributed by atoms with van der Waals surface area (Å²) in [6, 6.07) is 7.36. The standard InChI is InChI=1S/C15H17N3O2/c1-9-11-5-4-10(19-3)8-13(11)20-15(9)14(16)12-6-7-17-18(12)2/h4-8,14H,16H2,1-3H3. The fourth-order valence-corrected chi connectivity index (χ4v) is 2.47. The minimum absolute atomic E-state index is 0.333. The lowest BCUT2D eigenvalue weighted by molar-refractivity contribution is 0.414. The zero-order chi connectivity index (χ0) is 14.3. The Labute approximate surface area is 116 Å². The first-order valence-electron chi connectivity index (χ1n) is 6.42. The molecule has 0 radical (unpaired) electrons. The van der Waals surface area contributed by atoms with Crippen LogP contribution in [0.25, 0.3) is 11.0 Å². The van der Waals surface area contributed by atoms with Gasteiger partial charge in [0.05, 0.1) is 12.8 Å². The van der Waals surface area contributed by atoms with E-state index in [9.17, 15) is 0 Å². The van der Waals surface area contributed by atoms with E-state index in [1.54, 1.807) is 18.0 Å². The normalized spacial score (nSPS) is 12.8. The molecule has 0 saturated carbocycles. The Morgan fingerprint density at radius 1 is 1.35 bits per heavy atom. The topological polar surface area (TPSA) is 66.2 Å². The first-order chi connectivity index (χ1) is 9.61. The number of rotatable bonds is 3. The van der Waals surface area contributed by atoms with Crippen molar-refractivity contribution in [2.75, 3.05) is 7.11 Å². The Hall–Kier alpha value is -2.27. The molecular weight excluding hydrogens is 254 g/mol. The zero-order valence-electron chi connectivity index (χ0n) is 11.8. The van der Waals surface area contributed by atoms with Gasteiger partial charge in [0, 0.05) is 30.3 Å². The van der Waals surface area contributed by atoms with Gasteiger partial charge in [0.1, 0.15) is 23.1 Å². The number of nitrogens with zero attached hydrogens (tertiary/aromatic N) is 2. The van der Waals surface area contributed by atoms with Crippen LogP contribution in [-0.2, 0) is 7.05 Å². The number of hydrogen-bond donors (Lipinski definition) is 1. The second kappa shape index (κ2) is 4.68. The number of benzene rings is 1. The first kappa shape index (κ1) is 12.7. The minimum Gasteiger partial charge on any atom is -0.497 e. The number of hydrogen-bond acceptors (Lipinski definition) is 4. The van der Waals surface area contributed by atoms with Crippen molar-refractivity contribution in [3.8, 4) is 5.75 Å². The molecule has 20 heavy (non-hydrogen) atoms. The molecule has 0 saturated heterocycles. The van der Waals surface area contributed by atoms with Gasteiger partial charge in [0.2, 0.25) is 0 Å². The van der Waals surface area contributed by atoms with Crippen LogP contribution in [0.2, 0.25) is 0 Å². The smallest absolute Gasteiger partial charge is 0.138 e. The van der Waals surface area contributed by atoms with Crippen molar-refractivity contribution in [1.29, 1.82) is 0 Å². The van der Waals surface area contributed by atoms with Crippen LogP contribution in [0.4, 0.5) is 0 Å². The van der Waals surface area contributed by atoms with Gasteiger partial charge in [-0.05, 0) is 25.1 Å². The molecule has 0 fully saturated rings. The van der Waals surface area contributed by atoms with Gasteiger partial charge in [-0.15, -0.1) is 0 Å². The molecule has 0 amide bonds. The van der Waals surface area contributed by atoms with Gasteiger partial charge in [-0.2, -0.15) is 5.10 Å². The summed E-state index contributed by atoms with van der Waals surface area (Å²) in [7, 11) is 3.51. The van der Waals surface area contributed by atoms with Crippen molar-refractivity contribution in [3.05, 3.63) is 47.5 Å². The largest absolute Gasteiger partial charge is 0.497 e. The summed E-state index contributed by atoms with van der Waals surface area (Å²) in [5.41, 5.74) is 9.07. The van der Waals surface area contributed by atoms with E-state index in [1.165, 1.54) is 0 Å². The average Bonchev–Trinajstić information content (AvgIpc) is 3.02. The van der Waals surface area contributed by atoms with E-state index in [4.69, 9.17) is 14.9 Å². The molecule has 0 aliphatic heterocycles. The third-order valence-electron chi connectivity index (χ3n) is 3.64. The molecule has 3 aromatic rings. The quantitative estimate of drug-likeness (QED) is 0.795. The van der Waals surface area contributed by atoms with E-state index >= 15 is 0 Å². The summed E-state index contributed by atoms with van der Waals surface area (Å²) < 4.78 is 12.9. The van der Waals surface area contributed by atoms with E-state index in [2.05, 4.69) is 5.10 Å². The van der Waals surface area contributed by atoms with Crippen molar-refractivity contribution >= 4 is 11.0 Å². The van der Waals surface area contributed by atoms with Crippen molar-refractivity contribution in [2.24, 2.45) is 12.8 Å². The summed E-state index contributed by atoms with van der Waals surface area (Å²) in [4.78, 5) is 0. The zero-order valence-corrected chi connectivity index (χ0v) is 11.8. The van der Waals surface area contributed by atoms with Crippen molar-refractivity contribution in [3.63, 3.8) is 0 Å². The number of aryl methyl sites for hydroxylation is 2. The predicted octanol–water partition coefficient (Wildman–Crippen LogP) is 2.53. The molecule has 1 aromatic carbocycles. The molecule has 3 rings (SSSR count). The Morgan fingerprint density at radius 2 is 2.15 bits per heavy atom. The maximum atomic E-state index is 6.31. The van der Waals surface area contributed by atoms with Crippen LogP contribution < -0.4 is 10.5 Å². The molecule has 2 aromatic heterocycles. The summed E-state index contributed by atoms with van der Waals surface area (Å²) >= 11 is 0. The molecule has 1 atom stereocenters. The lowest BCUT2D eigenvalue weighted by Gasteiger charge is -2.10. The third-order valence-corrected chi connectivity index (χ3v) is 3.64. The van der Waals surface area contributed by atoms with Crippen LogP contribution in [0.5, 0.6) is 5.75 Å². The number of nitrogens with two attached hydrogens (primary N) is 1. The molecule has 1 unspecified atom stereocenters. The number of ether oxygens (including phenoxy) is 1. The lowest BCUT2D eigenvalue weighted by atomic mass is 10.1. The monoisotopic (exact) mass is 271 g/mol. The van der Waals surface area contributed by atoms with Crippen LogP contribution in [0.1, 0.15) is 23.1 Å². The Bertz CT molecular complexity index is 758. The van der Waals surface area contributed by atoms with Gasteiger partial charge in [-0.3, -0.25) is 4.68 Å². The lowest BCUT2D eigenvalue weighted by Crippen LogP contribution is -2.16. The van der Waals surface area contributed by atoms with E-state index in [0.717, 1.165) is 33.7 Å². The van der Waals surface area contributed by atoms with E-state index < -0.39 is 0 Å². The fourth-order valence-electron chi connectivity index (χ4n) is 2.47. The molecular formula is C15H17N3O2. The molecule has 0 aliphatic carbocycles. The number of fused-ring (bicyclic) bond motifs is 1. The van der Waals surface area contributed by atoms with Crippen LogP contribution in [0.15, 0.2) is 34.9 Å². The second-order valence-corrected chi connectivity index (χ2v) is 4.81. The van der Waals surface area contributed by atoms with Gasteiger partial charge in [-0.1, -0.05) is 0 Å². The van der Waals surface area contributed by atoms with E-state index in [1.807, 2.05) is 38.2 Å². The molecule has 104 valence electrons. The molecule has 0 spiro atoms. The van der Waals surface area contributed by atoms with E-state index in [0.29, 0.717) is 0 Å². The molecule has 0 aliphatic rings. The van der Waals surface area contributed by atoms with Crippen LogP contribution in [0.3, 0.4) is 0 Å². The number of furan rings is 1. The summed E-state index contributed by atoms with van der Waals surface area (Å²) in [6.07, 6.45) is 1.73. The van der Waals surface area contributed by atoms with E-state index in [-0.39, 0.29) is 6.04 Å². The molecule has 2 heterocycles. The summed E-state index contributed by atoms with van der Waals surface area (Å²) in [6.45, 7) is 2.02. The molecule has 5 heteroatoms. The Balaban J connectivity index is 2.12. The number of methoxy groups -OCH3 is 1. The molecule has 0 bridgehead atoms. The van der Waals surface area contributed by atoms with Crippen LogP contribution in [0, 0.1) is 6.92 Å². The highest BCUT2D eigenvalue weighted by Gasteiger charge is 2.21. The molecule has 5 nitrogen and oxygen atoms in total. The minimum atomic E-state index is -0.333. The second-order valence-electron chi connectivity index (χ2n) is 4.81. The third kappa shape index (κ3) is 1.87. The van der Waals surface area contributed by atoms with Crippen LogP contribution in [-0.4, -0.2) is 16.9 Å². The Kier molecular flexibility index (Phi) is 2.99. The van der Waals surface area contributed by atoms with Crippen LogP contribution >= 0.6 is 0 Å². The SMILES string of the molecule is COc1ccc2c(C)c(C(N)c3ccnn3C)oc2c1. The maximum absolute atomic E-state index is 6.31. The van der Waals surface area contributed by atoms with Gasteiger partial charge in [0.15, 0.2) is 0 Å². The fraction of sp³-hybridized carbons (Fsp3) is 0.267.